The van der Waals surface area contributed by atoms with Crippen LogP contribution in [0, 0.1) is 0 Å². The summed E-state index contributed by atoms with van der Waals surface area (Å²) in [5.41, 5.74) is 0.0649. The molecule has 0 saturated heterocycles. The highest BCUT2D eigenvalue weighted by Gasteiger charge is 2.15. The van der Waals surface area contributed by atoms with Crippen LogP contribution in [0.4, 0.5) is 0 Å². The molecule has 1 heterocycles. The fourth-order valence-corrected chi connectivity index (χ4v) is 0.784. The minimum atomic E-state index is -1.62. The van der Waals surface area contributed by atoms with Gasteiger partial charge in [0, 0.05) is 12.4 Å². The van der Waals surface area contributed by atoms with E-state index in [0.29, 0.717) is 0 Å². The number of amides is 1. The number of aliphatic carboxylic acids is 1. The first kappa shape index (κ1) is 11.1. The summed E-state index contributed by atoms with van der Waals surface area (Å²) in [6.45, 7) is -0.370. The topological polar surface area (TPSA) is 112 Å². The van der Waals surface area contributed by atoms with E-state index in [9.17, 15) is 9.59 Å². The number of rotatable bonds is 4. The van der Waals surface area contributed by atoms with Crippen molar-refractivity contribution in [2.24, 2.45) is 0 Å². The molecular weight excluding hydrogens is 202 g/mol. The molecule has 0 aliphatic rings. The Morgan fingerprint density at radius 1 is 1.47 bits per heavy atom. The molecule has 1 atom stereocenters. The van der Waals surface area contributed by atoms with Crippen molar-refractivity contribution >= 4 is 11.9 Å². The van der Waals surface area contributed by atoms with Gasteiger partial charge >= 0.3 is 5.97 Å². The molecule has 7 nitrogen and oxygen atoms in total. The number of carbonyl (C=O) groups is 2. The molecule has 0 bridgehead atoms. The maximum absolute atomic E-state index is 11.3. The molecule has 0 radical (unpaired) electrons. The second-order valence-corrected chi connectivity index (χ2v) is 2.65. The minimum Gasteiger partial charge on any atom is -0.479 e. The molecule has 1 rings (SSSR count). The van der Waals surface area contributed by atoms with Gasteiger partial charge < -0.3 is 15.5 Å². The van der Waals surface area contributed by atoms with E-state index in [4.69, 9.17) is 10.2 Å². The molecule has 0 aromatic carbocycles. The molecule has 0 fully saturated rings. The predicted molar refractivity (Wildman–Crippen MR) is 48.0 cm³/mol. The van der Waals surface area contributed by atoms with Gasteiger partial charge in [-0.3, -0.25) is 9.78 Å². The van der Waals surface area contributed by atoms with Crippen LogP contribution in [0.5, 0.6) is 0 Å². The van der Waals surface area contributed by atoms with Gasteiger partial charge in [-0.2, -0.15) is 0 Å². The van der Waals surface area contributed by atoms with E-state index >= 15 is 0 Å². The molecule has 80 valence electrons. The molecule has 0 aliphatic carbocycles. The van der Waals surface area contributed by atoms with Crippen LogP contribution in [0.25, 0.3) is 0 Å². The highest BCUT2D eigenvalue weighted by molar-refractivity contribution is 5.92. The maximum Gasteiger partial charge on any atom is 0.334 e. The summed E-state index contributed by atoms with van der Waals surface area (Å²) < 4.78 is 0. The van der Waals surface area contributed by atoms with E-state index in [1.807, 2.05) is 0 Å². The minimum absolute atomic E-state index is 0.0649. The van der Waals surface area contributed by atoms with Crippen molar-refractivity contribution in [1.29, 1.82) is 0 Å². The van der Waals surface area contributed by atoms with Crippen LogP contribution in [-0.2, 0) is 4.79 Å². The lowest BCUT2D eigenvalue weighted by molar-refractivity contribution is -0.146. The molecule has 0 aliphatic heterocycles. The average Bonchev–Trinajstić information content (AvgIpc) is 2.26. The Hall–Kier alpha value is -2.02. The highest BCUT2D eigenvalue weighted by Crippen LogP contribution is 1.90. The Morgan fingerprint density at radius 3 is 2.73 bits per heavy atom. The zero-order chi connectivity index (χ0) is 11.3. The zero-order valence-corrected chi connectivity index (χ0v) is 7.62. The van der Waals surface area contributed by atoms with Crippen molar-refractivity contribution in [2.45, 2.75) is 6.10 Å². The first-order chi connectivity index (χ1) is 7.11. The average molecular weight is 211 g/mol. The van der Waals surface area contributed by atoms with Crippen LogP contribution in [0.1, 0.15) is 10.5 Å². The summed E-state index contributed by atoms with van der Waals surface area (Å²) in [5, 5.41) is 19.4. The van der Waals surface area contributed by atoms with Gasteiger partial charge in [0.25, 0.3) is 5.91 Å². The van der Waals surface area contributed by atoms with Gasteiger partial charge in [-0.1, -0.05) is 0 Å². The largest absolute Gasteiger partial charge is 0.479 e. The van der Waals surface area contributed by atoms with Gasteiger partial charge in [0.1, 0.15) is 5.69 Å². The summed E-state index contributed by atoms with van der Waals surface area (Å²) in [7, 11) is 0. The SMILES string of the molecule is O=C(NCC(O)C(=O)O)c1cnccn1. The Kier molecular flexibility index (Phi) is 3.69. The number of nitrogens with zero attached hydrogens (tertiary/aromatic N) is 2. The molecule has 1 unspecified atom stereocenters. The number of aliphatic hydroxyl groups is 1. The molecule has 7 heteroatoms. The van der Waals surface area contributed by atoms with E-state index in [1.54, 1.807) is 0 Å². The fraction of sp³-hybridized carbons (Fsp3) is 0.250. The van der Waals surface area contributed by atoms with Crippen molar-refractivity contribution in [3.8, 4) is 0 Å². The normalized spacial score (nSPS) is 11.8. The van der Waals surface area contributed by atoms with Gasteiger partial charge in [0.2, 0.25) is 0 Å². The van der Waals surface area contributed by atoms with E-state index in [0.717, 1.165) is 0 Å². The fourth-order valence-electron chi connectivity index (χ4n) is 0.784. The summed E-state index contributed by atoms with van der Waals surface area (Å²) in [5.74, 6) is -1.97. The predicted octanol–water partition coefficient (Wildman–Crippen LogP) is -1.35. The molecule has 3 N–H and O–H groups in total. The molecule has 1 amide bonds. The molecule has 15 heavy (non-hydrogen) atoms. The number of aromatic nitrogens is 2. The van der Waals surface area contributed by atoms with Crippen LogP contribution in [0.15, 0.2) is 18.6 Å². The number of carbonyl (C=O) groups excluding carboxylic acids is 1. The van der Waals surface area contributed by atoms with Crippen LogP contribution in [0.3, 0.4) is 0 Å². The van der Waals surface area contributed by atoms with E-state index in [-0.39, 0.29) is 12.2 Å². The number of hydrogen-bond acceptors (Lipinski definition) is 5. The molecular formula is C8H9N3O4. The Labute approximate surface area is 84.8 Å². The number of nitrogens with one attached hydrogen (secondary N) is 1. The first-order valence-electron chi connectivity index (χ1n) is 4.06. The molecule has 1 aromatic heterocycles. The molecule has 0 spiro atoms. The van der Waals surface area contributed by atoms with E-state index in [2.05, 4.69) is 15.3 Å². The quantitative estimate of drug-likeness (QED) is 0.567. The lowest BCUT2D eigenvalue weighted by Gasteiger charge is -2.06. The summed E-state index contributed by atoms with van der Waals surface area (Å²) in [6.07, 6.45) is 2.36. The van der Waals surface area contributed by atoms with Gasteiger partial charge in [-0.05, 0) is 0 Å². The third kappa shape index (κ3) is 3.31. The van der Waals surface area contributed by atoms with Crippen molar-refractivity contribution in [3.05, 3.63) is 24.3 Å². The number of carboxylic acids is 1. The lowest BCUT2D eigenvalue weighted by Crippen LogP contribution is -2.36. The van der Waals surface area contributed by atoms with Crippen LogP contribution in [0.2, 0.25) is 0 Å². The van der Waals surface area contributed by atoms with E-state index < -0.39 is 18.0 Å². The first-order valence-corrected chi connectivity index (χ1v) is 4.06. The van der Waals surface area contributed by atoms with Crippen LogP contribution >= 0.6 is 0 Å². The third-order valence-electron chi connectivity index (χ3n) is 1.54. The van der Waals surface area contributed by atoms with Crippen LogP contribution < -0.4 is 5.32 Å². The van der Waals surface area contributed by atoms with Crippen molar-refractivity contribution in [2.75, 3.05) is 6.54 Å². The van der Waals surface area contributed by atoms with Gasteiger partial charge in [-0.15, -0.1) is 0 Å². The smallest absolute Gasteiger partial charge is 0.334 e. The van der Waals surface area contributed by atoms with Crippen LogP contribution in [-0.4, -0.2) is 44.7 Å². The van der Waals surface area contributed by atoms with Crippen molar-refractivity contribution in [1.82, 2.24) is 15.3 Å². The lowest BCUT2D eigenvalue weighted by atomic mass is 10.3. The molecule has 1 aromatic rings. The van der Waals surface area contributed by atoms with Gasteiger partial charge in [0.05, 0.1) is 12.7 Å². The number of aliphatic hydroxyl groups excluding tert-OH is 1. The summed E-state index contributed by atoms with van der Waals surface area (Å²) >= 11 is 0. The second-order valence-electron chi connectivity index (χ2n) is 2.65. The maximum atomic E-state index is 11.3. The summed E-state index contributed by atoms with van der Waals surface area (Å²) in [6, 6.07) is 0. The summed E-state index contributed by atoms with van der Waals surface area (Å²) in [4.78, 5) is 28.8. The van der Waals surface area contributed by atoms with Crippen molar-refractivity contribution in [3.63, 3.8) is 0 Å². The second kappa shape index (κ2) is 5.01. The highest BCUT2D eigenvalue weighted by atomic mass is 16.4. The van der Waals surface area contributed by atoms with Crippen molar-refractivity contribution < 1.29 is 19.8 Å². The number of carboxylic acid groups (broad SMARTS) is 1. The van der Waals surface area contributed by atoms with E-state index in [1.165, 1.54) is 18.6 Å². The monoisotopic (exact) mass is 211 g/mol. The zero-order valence-electron chi connectivity index (χ0n) is 7.62. The molecule has 0 saturated carbocycles. The number of hydrogen-bond donors (Lipinski definition) is 3. The Bertz CT molecular complexity index is 354. The van der Waals surface area contributed by atoms with Gasteiger partial charge in [-0.25, -0.2) is 9.78 Å². The third-order valence-corrected chi connectivity index (χ3v) is 1.54. The Balaban J connectivity index is 2.47. The van der Waals surface area contributed by atoms with Gasteiger partial charge in [0.15, 0.2) is 6.10 Å². The Morgan fingerprint density at radius 2 is 2.20 bits per heavy atom. The standard InChI is InChI=1S/C8H9N3O4/c12-6(8(14)15)4-11-7(13)5-3-9-1-2-10-5/h1-3,6,12H,4H2,(H,11,13)(H,14,15).